The molecule has 4 amide bonds. The second kappa shape index (κ2) is 13.0. The highest BCUT2D eigenvalue weighted by Crippen LogP contribution is 2.29. The standard InChI is InChI=1S/C29H25F2N7O4/c1-18(13-34-29(41)38(17-39)23-6-3-21(30)4-7-23)28(40)36-22-5-8-26(24(31)12-22)42-27-11-19(14-33-25(27)9-10-32)20-15-35-37(2)16-20/h3-17,32-33H,1-2H3,(H,34,41)(H,36,40)/b18-13+,25-9-,32-10?. The van der Waals surface area contributed by atoms with E-state index in [-0.39, 0.29) is 34.9 Å². The van der Waals surface area contributed by atoms with Crippen LogP contribution in [0.5, 0.6) is 5.75 Å². The maximum absolute atomic E-state index is 15.0. The minimum atomic E-state index is -0.874. The van der Waals surface area contributed by atoms with Gasteiger partial charge in [0, 0.05) is 60.3 Å². The first-order valence-electron chi connectivity index (χ1n) is 12.3. The van der Waals surface area contributed by atoms with Gasteiger partial charge in [0.1, 0.15) is 5.82 Å². The lowest BCUT2D eigenvalue weighted by Gasteiger charge is -2.19. The lowest BCUT2D eigenvalue weighted by Crippen LogP contribution is -2.37. The summed E-state index contributed by atoms with van der Waals surface area (Å²) in [6, 6.07) is 7.63. The predicted octanol–water partition coefficient (Wildman–Crippen LogP) is 4.35. The first kappa shape index (κ1) is 29.1. The molecule has 11 nitrogen and oxygen atoms in total. The lowest BCUT2D eigenvalue weighted by molar-refractivity contribution is -0.112. The van der Waals surface area contributed by atoms with Crippen molar-refractivity contribution in [2.75, 3.05) is 10.2 Å². The quantitative estimate of drug-likeness (QED) is 0.170. The third-order valence-electron chi connectivity index (χ3n) is 5.83. The number of allylic oxidation sites excluding steroid dienone is 3. The average Bonchev–Trinajstić information content (AvgIpc) is 3.41. The summed E-state index contributed by atoms with van der Waals surface area (Å²) in [5.74, 6) is -1.82. The molecule has 4 N–H and O–H groups in total. The van der Waals surface area contributed by atoms with E-state index in [9.17, 15) is 18.8 Å². The van der Waals surface area contributed by atoms with Gasteiger partial charge in [-0.05, 0) is 55.5 Å². The van der Waals surface area contributed by atoms with Crippen molar-refractivity contribution >= 4 is 41.5 Å². The molecule has 2 aromatic carbocycles. The Labute approximate surface area is 239 Å². The van der Waals surface area contributed by atoms with Crippen LogP contribution in [0.2, 0.25) is 0 Å². The molecule has 1 aromatic heterocycles. The molecule has 3 aromatic rings. The Morgan fingerprint density at radius 1 is 1.17 bits per heavy atom. The Balaban J connectivity index is 1.42. The molecule has 1 aliphatic rings. The summed E-state index contributed by atoms with van der Waals surface area (Å²) in [7, 11) is 1.78. The number of rotatable bonds is 9. The van der Waals surface area contributed by atoms with E-state index in [4.69, 9.17) is 10.1 Å². The van der Waals surface area contributed by atoms with Crippen LogP contribution in [0.25, 0.3) is 5.57 Å². The Morgan fingerprint density at radius 3 is 2.57 bits per heavy atom. The summed E-state index contributed by atoms with van der Waals surface area (Å²) >= 11 is 0. The van der Waals surface area contributed by atoms with Gasteiger partial charge in [0.05, 0.1) is 17.6 Å². The molecule has 214 valence electrons. The fraction of sp³-hybridized carbons (Fsp3) is 0.0690. The van der Waals surface area contributed by atoms with Crippen LogP contribution >= 0.6 is 0 Å². The molecule has 0 saturated heterocycles. The number of ether oxygens (including phenoxy) is 1. The molecule has 13 heteroatoms. The minimum absolute atomic E-state index is 0.0450. The predicted molar refractivity (Wildman–Crippen MR) is 152 cm³/mol. The van der Waals surface area contributed by atoms with Crippen molar-refractivity contribution in [3.8, 4) is 5.75 Å². The van der Waals surface area contributed by atoms with Crippen molar-refractivity contribution in [3.63, 3.8) is 0 Å². The molecule has 0 spiro atoms. The van der Waals surface area contributed by atoms with Crippen LogP contribution in [0, 0.1) is 17.0 Å². The number of imide groups is 1. The molecule has 4 rings (SSSR count). The fourth-order valence-electron chi connectivity index (χ4n) is 3.66. The number of carbonyl (C=O) groups is 3. The number of hydrogen-bond acceptors (Lipinski definition) is 7. The zero-order valence-corrected chi connectivity index (χ0v) is 22.4. The number of benzene rings is 2. The van der Waals surface area contributed by atoms with E-state index in [1.165, 1.54) is 37.3 Å². The molecule has 42 heavy (non-hydrogen) atoms. The number of aryl methyl sites for hydroxylation is 1. The molecule has 1 aliphatic heterocycles. The van der Waals surface area contributed by atoms with Gasteiger partial charge < -0.3 is 26.1 Å². The number of amides is 4. The number of aromatic nitrogens is 2. The molecule has 0 unspecified atom stereocenters. The van der Waals surface area contributed by atoms with E-state index >= 15 is 4.39 Å². The van der Waals surface area contributed by atoms with Gasteiger partial charge in [-0.15, -0.1) is 0 Å². The van der Waals surface area contributed by atoms with Crippen LogP contribution in [0.15, 0.2) is 96.4 Å². The highest BCUT2D eigenvalue weighted by molar-refractivity contribution is 6.07. The molecular formula is C29H25F2N7O4. The Bertz CT molecular complexity index is 1660. The molecule has 0 atom stereocenters. The monoisotopic (exact) mass is 573 g/mol. The van der Waals surface area contributed by atoms with E-state index in [2.05, 4.69) is 21.0 Å². The zero-order valence-electron chi connectivity index (χ0n) is 22.4. The third kappa shape index (κ3) is 7.01. The van der Waals surface area contributed by atoms with Gasteiger partial charge in [-0.25, -0.2) is 18.5 Å². The van der Waals surface area contributed by atoms with Crippen LogP contribution in [0.1, 0.15) is 12.5 Å². The summed E-state index contributed by atoms with van der Waals surface area (Å²) in [5.41, 5.74) is 2.25. The average molecular weight is 574 g/mol. The Kier molecular flexibility index (Phi) is 9.02. The number of anilines is 2. The van der Waals surface area contributed by atoms with Gasteiger partial charge >= 0.3 is 6.03 Å². The first-order chi connectivity index (χ1) is 20.2. The summed E-state index contributed by atoms with van der Waals surface area (Å²) in [5, 5.41) is 19.4. The van der Waals surface area contributed by atoms with Crippen molar-refractivity contribution in [2.24, 2.45) is 7.05 Å². The third-order valence-corrected chi connectivity index (χ3v) is 5.83. The minimum Gasteiger partial charge on any atom is -0.452 e. The van der Waals surface area contributed by atoms with Crippen molar-refractivity contribution in [1.29, 1.82) is 5.41 Å². The highest BCUT2D eigenvalue weighted by Gasteiger charge is 2.18. The molecule has 0 aliphatic carbocycles. The molecule has 0 fully saturated rings. The van der Waals surface area contributed by atoms with Crippen LogP contribution in [-0.4, -0.2) is 34.3 Å². The van der Waals surface area contributed by atoms with Gasteiger partial charge in [0.25, 0.3) is 5.91 Å². The summed E-state index contributed by atoms with van der Waals surface area (Å²) in [6.45, 7) is 1.40. The molecule has 0 radical (unpaired) electrons. The topological polar surface area (TPSA) is 141 Å². The number of carbonyl (C=O) groups excluding carboxylic acids is 3. The SMILES string of the molecule is C/C(=C\NC(=O)N(C=O)c1ccc(F)cc1)C(=O)Nc1ccc(OC2=CC(c3cnn(C)c3)=CN/C2=C\C=N)c(F)c1. The summed E-state index contributed by atoms with van der Waals surface area (Å²) in [6.07, 6.45) is 10.7. The van der Waals surface area contributed by atoms with Gasteiger partial charge in [-0.2, -0.15) is 5.10 Å². The van der Waals surface area contributed by atoms with E-state index in [0.29, 0.717) is 10.6 Å². The Hall–Kier alpha value is -5.85. The van der Waals surface area contributed by atoms with Crippen LogP contribution in [0.4, 0.5) is 25.0 Å². The Morgan fingerprint density at radius 2 is 1.93 bits per heavy atom. The van der Waals surface area contributed by atoms with E-state index < -0.39 is 23.6 Å². The molecule has 0 bridgehead atoms. The van der Waals surface area contributed by atoms with E-state index in [1.54, 1.807) is 36.4 Å². The number of halogens is 2. The number of urea groups is 1. The van der Waals surface area contributed by atoms with Crippen molar-refractivity contribution in [2.45, 2.75) is 6.92 Å². The van der Waals surface area contributed by atoms with Crippen LogP contribution < -0.4 is 25.6 Å². The van der Waals surface area contributed by atoms with Gasteiger partial charge in [-0.3, -0.25) is 14.3 Å². The smallest absolute Gasteiger partial charge is 0.332 e. The van der Waals surface area contributed by atoms with Crippen LogP contribution in [-0.2, 0) is 16.6 Å². The number of nitrogens with one attached hydrogen (secondary N) is 4. The molecule has 2 heterocycles. The highest BCUT2D eigenvalue weighted by atomic mass is 19.1. The van der Waals surface area contributed by atoms with Gasteiger partial charge in [0.2, 0.25) is 6.41 Å². The van der Waals surface area contributed by atoms with Gasteiger partial charge in [0.15, 0.2) is 17.3 Å². The number of nitrogens with zero attached hydrogens (tertiary/aromatic N) is 3. The molecule has 0 saturated carbocycles. The second-order valence-electron chi connectivity index (χ2n) is 8.83. The fourth-order valence-corrected chi connectivity index (χ4v) is 3.66. The van der Waals surface area contributed by atoms with Gasteiger partial charge in [-0.1, -0.05) is 0 Å². The number of hydrogen-bond donors (Lipinski definition) is 4. The summed E-state index contributed by atoms with van der Waals surface area (Å²) < 4.78 is 35.6. The maximum atomic E-state index is 15.0. The van der Waals surface area contributed by atoms with Crippen molar-refractivity contribution < 1.29 is 27.9 Å². The number of dihydropyridines is 1. The second-order valence-corrected chi connectivity index (χ2v) is 8.83. The summed E-state index contributed by atoms with van der Waals surface area (Å²) in [4.78, 5) is 37.0. The molecular weight excluding hydrogens is 548 g/mol. The lowest BCUT2D eigenvalue weighted by atomic mass is 10.1. The van der Waals surface area contributed by atoms with Crippen LogP contribution in [0.3, 0.4) is 0 Å². The first-order valence-corrected chi connectivity index (χ1v) is 12.3. The van der Waals surface area contributed by atoms with Crippen molar-refractivity contribution in [3.05, 3.63) is 114 Å². The maximum Gasteiger partial charge on any atom is 0.332 e. The zero-order chi connectivity index (χ0) is 30.2. The normalized spacial score (nSPS) is 13.8. The largest absolute Gasteiger partial charge is 0.452 e. The van der Waals surface area contributed by atoms with Crippen molar-refractivity contribution in [1.82, 2.24) is 20.4 Å². The van der Waals surface area contributed by atoms with E-state index in [1.807, 2.05) is 0 Å². The van der Waals surface area contributed by atoms with E-state index in [0.717, 1.165) is 41.8 Å².